The Morgan fingerprint density at radius 1 is 0.931 bits per heavy atom. The van der Waals surface area contributed by atoms with Crippen molar-refractivity contribution in [3.05, 3.63) is 36.0 Å². The van der Waals surface area contributed by atoms with E-state index in [1.165, 1.54) is 28.3 Å². The number of aliphatic carboxylic acids is 1. The van der Waals surface area contributed by atoms with Crippen molar-refractivity contribution in [2.24, 2.45) is 29.6 Å². The zero-order valence-electron chi connectivity index (χ0n) is 35.9. The number of hydrogen-bond donors (Lipinski definition) is 5. The molecule has 14 heteroatoms. The monoisotopic (exact) mass is 821 g/mol. The molecule has 0 aromatic carbocycles. The second-order valence-electron chi connectivity index (χ2n) is 17.2. The minimum absolute atomic E-state index is 0.0204. The van der Waals surface area contributed by atoms with Crippen LogP contribution in [0.3, 0.4) is 0 Å². The van der Waals surface area contributed by atoms with E-state index in [9.17, 15) is 44.7 Å². The number of amides is 1. The number of esters is 1. The summed E-state index contributed by atoms with van der Waals surface area (Å²) in [6, 6.07) is -1.26. The van der Waals surface area contributed by atoms with Crippen molar-refractivity contribution < 1.29 is 63.7 Å². The molecule has 2 fully saturated rings. The number of carbonyl (C=O) groups excluding carboxylic acids is 3. The minimum atomic E-state index is -2.99. The number of rotatable bonds is 8. The van der Waals surface area contributed by atoms with Gasteiger partial charge in [0.05, 0.1) is 30.5 Å². The second kappa shape index (κ2) is 22.6. The summed E-state index contributed by atoms with van der Waals surface area (Å²) in [5.41, 5.74) is -1.47. The van der Waals surface area contributed by atoms with Gasteiger partial charge >= 0.3 is 11.9 Å². The molecule has 2 aliphatic heterocycles. The van der Waals surface area contributed by atoms with Gasteiger partial charge in [0.2, 0.25) is 5.60 Å². The van der Waals surface area contributed by atoms with Crippen LogP contribution < -0.4 is 0 Å². The molecule has 0 spiro atoms. The van der Waals surface area contributed by atoms with E-state index in [1.54, 1.807) is 19.9 Å². The van der Waals surface area contributed by atoms with Crippen LogP contribution in [0.2, 0.25) is 0 Å². The quantitative estimate of drug-likeness (QED) is 0.133. The van der Waals surface area contributed by atoms with Crippen LogP contribution in [0.1, 0.15) is 105 Å². The summed E-state index contributed by atoms with van der Waals surface area (Å²) in [7, 11) is 4.33. The first-order valence-corrected chi connectivity index (χ1v) is 20.9. The third kappa shape index (κ3) is 12.3. The summed E-state index contributed by atoms with van der Waals surface area (Å²) < 4.78 is 23.1. The number of cyclic esters (lactones) is 1. The van der Waals surface area contributed by atoms with E-state index < -0.39 is 83.9 Å². The maximum atomic E-state index is 14.3. The highest BCUT2D eigenvalue weighted by atomic mass is 16.5. The molecule has 0 aromatic heterocycles. The average Bonchev–Trinajstić information content (AvgIpc) is 3.19. The van der Waals surface area contributed by atoms with Crippen LogP contribution >= 0.6 is 0 Å². The molecular weight excluding hydrogens is 750 g/mol. The number of aliphatic hydroxyl groups is 4. The normalized spacial score (nSPS) is 39.6. The fraction of sp³-hybridized carbons (Fsp3) is 0.773. The lowest BCUT2D eigenvalue weighted by molar-refractivity contribution is -0.186. The predicted molar refractivity (Wildman–Crippen MR) is 216 cm³/mol. The molecule has 14 atom stereocenters. The molecule has 3 rings (SSSR count). The van der Waals surface area contributed by atoms with Gasteiger partial charge in [-0.1, -0.05) is 44.6 Å². The van der Waals surface area contributed by atoms with Crippen LogP contribution in [0.4, 0.5) is 0 Å². The fourth-order valence-electron chi connectivity index (χ4n) is 9.15. The zero-order valence-corrected chi connectivity index (χ0v) is 35.9. The van der Waals surface area contributed by atoms with Crippen LogP contribution in [-0.4, -0.2) is 136 Å². The van der Waals surface area contributed by atoms with Crippen LogP contribution in [0, 0.1) is 29.6 Å². The van der Waals surface area contributed by atoms with Gasteiger partial charge in [0.25, 0.3) is 5.91 Å². The van der Waals surface area contributed by atoms with Crippen molar-refractivity contribution in [3.8, 4) is 0 Å². The van der Waals surface area contributed by atoms with Crippen molar-refractivity contribution in [2.75, 3.05) is 27.9 Å². The Bertz CT molecular complexity index is 1460. The van der Waals surface area contributed by atoms with Gasteiger partial charge in [-0.15, -0.1) is 6.58 Å². The Balaban J connectivity index is 2.15. The van der Waals surface area contributed by atoms with Gasteiger partial charge in [0, 0.05) is 52.0 Å². The van der Waals surface area contributed by atoms with Crippen molar-refractivity contribution in [2.45, 2.75) is 160 Å². The number of carboxylic acids is 1. The molecule has 2 heterocycles. The maximum Gasteiger partial charge on any atom is 0.345 e. The number of carboxylic acid groups (broad SMARTS) is 1. The number of nitrogens with zero attached hydrogens (tertiary/aromatic N) is 1. The topological polar surface area (TPSA) is 210 Å². The highest BCUT2D eigenvalue weighted by Gasteiger charge is 2.54. The lowest BCUT2D eigenvalue weighted by atomic mass is 9.80. The lowest BCUT2D eigenvalue weighted by Gasteiger charge is -2.41. The number of Topliss-reactive ketones (excluding diaryl/α,β-unsaturated/α-hetero) is 1. The molecule has 5 N–H and O–H groups in total. The van der Waals surface area contributed by atoms with Gasteiger partial charge in [0.15, 0.2) is 0 Å². The Morgan fingerprint density at radius 3 is 2.17 bits per heavy atom. The molecule has 0 bridgehead atoms. The molecule has 1 saturated carbocycles. The van der Waals surface area contributed by atoms with Crippen molar-refractivity contribution in [1.29, 1.82) is 0 Å². The molecule has 0 unspecified atom stereocenters. The van der Waals surface area contributed by atoms with Crippen molar-refractivity contribution >= 4 is 23.6 Å². The molecule has 3 aliphatic rings. The van der Waals surface area contributed by atoms with Crippen LogP contribution in [0.15, 0.2) is 36.0 Å². The Hall–Kier alpha value is -2.98. The SMILES string of the molecule is C=CC[C@@H]1/C=C(\C)C[C@@H](C)C[C@H](OC)[C@H](O)[C@@H](OC)C[C@@H](C)[C@](O)(C(=O)O)C(=O)N2CCCC[C@H]2C(=O)O[C@H](/C(C)=C/[C@@H]2CC[C@@H](O)[C@H](OC)C2)[C@@H](C)[C@@H](O)CC1=O. The van der Waals surface area contributed by atoms with Gasteiger partial charge < -0.3 is 49.4 Å². The van der Waals surface area contributed by atoms with Gasteiger partial charge in [-0.3, -0.25) is 9.59 Å². The van der Waals surface area contributed by atoms with E-state index in [4.69, 9.17) is 18.9 Å². The van der Waals surface area contributed by atoms with Crippen LogP contribution in [-0.2, 0) is 38.1 Å². The molecule has 58 heavy (non-hydrogen) atoms. The highest BCUT2D eigenvalue weighted by Crippen LogP contribution is 2.35. The fourth-order valence-corrected chi connectivity index (χ4v) is 9.15. The number of hydrogen-bond acceptors (Lipinski definition) is 12. The molecule has 1 aliphatic carbocycles. The lowest BCUT2D eigenvalue weighted by Crippen LogP contribution is -2.63. The largest absolute Gasteiger partial charge is 0.479 e. The van der Waals surface area contributed by atoms with Gasteiger partial charge in [-0.25, -0.2) is 9.59 Å². The third-order valence-electron chi connectivity index (χ3n) is 12.8. The standard InChI is InChI=1S/C44H71NO13/c1-10-13-31-19-25(2)18-26(3)20-37(56-8)39(49)38(57-9)22-28(5)44(54,43(52)53)42(51)45-17-12-11-14-32(45)41(50)58-40(29(6)34(47)24-35(31)48)27(4)21-30-15-16-33(46)36(23-30)55-7/h10,19,21,26,28-34,36-40,46-47,49,54H,1,11-18,20,22-24H2,2-9H3,(H,52,53)/b25-19+,27-21+/t26-,28-,29+,30+,31-,32+,33-,34+,36-,37+,38+,39+,40-,44-/m1/s1. The summed E-state index contributed by atoms with van der Waals surface area (Å²) in [5, 5.41) is 55.9. The first-order chi connectivity index (χ1) is 27.3. The maximum absolute atomic E-state index is 14.3. The Morgan fingerprint density at radius 2 is 1.57 bits per heavy atom. The number of ether oxygens (including phenoxy) is 4. The molecular formula is C44H71NO13. The summed E-state index contributed by atoms with van der Waals surface area (Å²) >= 11 is 0. The number of carbonyl (C=O) groups is 4. The van der Waals surface area contributed by atoms with E-state index in [1.807, 2.05) is 26.0 Å². The van der Waals surface area contributed by atoms with Gasteiger partial charge in [0.1, 0.15) is 24.0 Å². The summed E-state index contributed by atoms with van der Waals surface area (Å²) in [6.07, 6.45) is 2.69. The summed E-state index contributed by atoms with van der Waals surface area (Å²) in [5.74, 6) is -6.78. The van der Waals surface area contributed by atoms with E-state index in [0.29, 0.717) is 56.9 Å². The Labute approximate surface area is 344 Å². The number of methoxy groups -OCH3 is 3. The number of piperidine rings is 1. The summed E-state index contributed by atoms with van der Waals surface area (Å²) in [4.78, 5) is 56.5. The first kappa shape index (κ1) is 49.4. The van der Waals surface area contributed by atoms with Gasteiger partial charge in [-0.05, 0) is 95.5 Å². The molecule has 1 saturated heterocycles. The van der Waals surface area contributed by atoms with Gasteiger partial charge in [-0.2, -0.15) is 0 Å². The number of aliphatic hydroxyl groups excluding tert-OH is 3. The van der Waals surface area contributed by atoms with Crippen molar-refractivity contribution in [3.63, 3.8) is 0 Å². The predicted octanol–water partition coefficient (Wildman–Crippen LogP) is 4.16. The molecule has 14 nitrogen and oxygen atoms in total. The number of allylic oxidation sites excluding steroid dienone is 4. The summed E-state index contributed by atoms with van der Waals surface area (Å²) in [6.45, 7) is 12.6. The number of ketones is 1. The van der Waals surface area contributed by atoms with E-state index in [0.717, 1.165) is 10.5 Å². The van der Waals surface area contributed by atoms with Crippen LogP contribution in [0.25, 0.3) is 0 Å². The molecule has 0 radical (unpaired) electrons. The third-order valence-corrected chi connectivity index (χ3v) is 12.8. The second-order valence-corrected chi connectivity index (χ2v) is 17.2. The first-order valence-electron chi connectivity index (χ1n) is 20.9. The Kier molecular flexibility index (Phi) is 19.2. The van der Waals surface area contributed by atoms with Crippen molar-refractivity contribution in [1.82, 2.24) is 4.90 Å². The highest BCUT2D eigenvalue weighted by molar-refractivity contribution is 6.06. The molecule has 0 aromatic rings. The molecule has 330 valence electrons. The minimum Gasteiger partial charge on any atom is -0.479 e. The van der Waals surface area contributed by atoms with E-state index in [2.05, 4.69) is 6.58 Å². The average molecular weight is 822 g/mol. The zero-order chi connectivity index (χ0) is 43.5. The molecule has 1 amide bonds. The van der Waals surface area contributed by atoms with E-state index >= 15 is 0 Å². The smallest absolute Gasteiger partial charge is 0.345 e. The number of fused-ring (bicyclic) bond motifs is 1. The van der Waals surface area contributed by atoms with E-state index in [-0.39, 0.29) is 49.5 Å². The van der Waals surface area contributed by atoms with Crippen LogP contribution in [0.5, 0.6) is 0 Å².